The molecule has 2 aromatic rings. The van der Waals surface area contributed by atoms with Gasteiger partial charge in [0.1, 0.15) is 0 Å². The van der Waals surface area contributed by atoms with Crippen LogP contribution in [0.1, 0.15) is 6.42 Å². The maximum Gasteiger partial charge on any atom is 0.270 e. The number of rotatable bonds is 8. The number of benzene rings is 2. The van der Waals surface area contributed by atoms with E-state index >= 15 is 0 Å². The SMILES string of the molecule is CN(CCCNS(=O)(=O)c1cccc([N+](=O)[O-])c1)c1ccccc1. The zero-order chi connectivity index (χ0) is 17.6. The smallest absolute Gasteiger partial charge is 0.270 e. The van der Waals surface area contributed by atoms with Gasteiger partial charge in [0.05, 0.1) is 9.82 Å². The third-order valence-corrected chi connectivity index (χ3v) is 4.96. The van der Waals surface area contributed by atoms with E-state index in [1.54, 1.807) is 0 Å². The first kappa shape index (κ1) is 17.9. The number of anilines is 1. The maximum atomic E-state index is 12.2. The van der Waals surface area contributed by atoms with E-state index in [9.17, 15) is 18.5 Å². The zero-order valence-corrected chi connectivity index (χ0v) is 14.1. The van der Waals surface area contributed by atoms with Gasteiger partial charge in [-0.1, -0.05) is 24.3 Å². The summed E-state index contributed by atoms with van der Waals surface area (Å²) in [5.41, 5.74) is 0.806. The van der Waals surface area contributed by atoms with Crippen LogP contribution in [0.25, 0.3) is 0 Å². The fraction of sp³-hybridized carbons (Fsp3) is 0.250. The minimum Gasteiger partial charge on any atom is -0.375 e. The summed E-state index contributed by atoms with van der Waals surface area (Å²) in [4.78, 5) is 12.0. The molecule has 24 heavy (non-hydrogen) atoms. The first-order valence-electron chi connectivity index (χ1n) is 7.40. The van der Waals surface area contributed by atoms with E-state index in [1.165, 1.54) is 18.2 Å². The predicted molar refractivity (Wildman–Crippen MR) is 92.6 cm³/mol. The van der Waals surface area contributed by atoms with Gasteiger partial charge in [-0.25, -0.2) is 13.1 Å². The van der Waals surface area contributed by atoms with Crippen molar-refractivity contribution in [2.24, 2.45) is 0 Å². The largest absolute Gasteiger partial charge is 0.375 e. The third-order valence-electron chi connectivity index (χ3n) is 3.50. The highest BCUT2D eigenvalue weighted by Crippen LogP contribution is 2.17. The second-order valence-electron chi connectivity index (χ2n) is 5.26. The molecule has 128 valence electrons. The molecule has 0 spiro atoms. The quantitative estimate of drug-likeness (QED) is 0.449. The average Bonchev–Trinajstić information content (AvgIpc) is 2.59. The highest BCUT2D eigenvalue weighted by Gasteiger charge is 2.17. The van der Waals surface area contributed by atoms with Crippen molar-refractivity contribution in [2.75, 3.05) is 25.0 Å². The normalized spacial score (nSPS) is 11.2. The van der Waals surface area contributed by atoms with E-state index in [-0.39, 0.29) is 17.1 Å². The van der Waals surface area contributed by atoms with Gasteiger partial charge < -0.3 is 4.90 Å². The number of nitro benzene ring substituents is 1. The standard InChI is InChI=1S/C16H19N3O4S/c1-18(14-7-3-2-4-8-14)12-6-11-17-24(22,23)16-10-5-9-15(13-16)19(20)21/h2-5,7-10,13,17H,6,11-12H2,1H3. The maximum absolute atomic E-state index is 12.2. The Hall–Kier alpha value is -2.45. The van der Waals surface area contributed by atoms with Gasteiger partial charge in [0.25, 0.3) is 5.69 Å². The Labute approximate surface area is 141 Å². The molecule has 0 radical (unpaired) electrons. The van der Waals surface area contributed by atoms with Crippen LogP contribution in [0, 0.1) is 10.1 Å². The van der Waals surface area contributed by atoms with Crippen LogP contribution >= 0.6 is 0 Å². The van der Waals surface area contributed by atoms with Crippen molar-refractivity contribution in [1.29, 1.82) is 0 Å². The summed E-state index contributed by atoms with van der Waals surface area (Å²) < 4.78 is 26.8. The Morgan fingerprint density at radius 3 is 2.50 bits per heavy atom. The molecule has 2 aromatic carbocycles. The molecule has 0 aliphatic carbocycles. The summed E-state index contributed by atoms with van der Waals surface area (Å²) >= 11 is 0. The molecule has 0 atom stereocenters. The molecule has 0 aliphatic heterocycles. The van der Waals surface area contributed by atoms with E-state index in [4.69, 9.17) is 0 Å². The summed E-state index contributed by atoms with van der Waals surface area (Å²) in [6.07, 6.45) is 0.611. The number of nitrogens with zero attached hydrogens (tertiary/aromatic N) is 2. The third kappa shape index (κ3) is 4.77. The monoisotopic (exact) mass is 349 g/mol. The van der Waals surface area contributed by atoms with Crippen LogP contribution < -0.4 is 9.62 Å². The number of sulfonamides is 1. The van der Waals surface area contributed by atoms with Crippen LogP contribution in [0.5, 0.6) is 0 Å². The second kappa shape index (κ2) is 7.89. The molecule has 0 heterocycles. The fourth-order valence-corrected chi connectivity index (χ4v) is 3.30. The molecule has 0 amide bonds. The lowest BCUT2D eigenvalue weighted by atomic mass is 10.3. The van der Waals surface area contributed by atoms with Crippen LogP contribution in [0.2, 0.25) is 0 Å². The fourth-order valence-electron chi connectivity index (χ4n) is 2.18. The lowest BCUT2D eigenvalue weighted by Crippen LogP contribution is -2.28. The second-order valence-corrected chi connectivity index (χ2v) is 7.03. The van der Waals surface area contributed by atoms with Crippen LogP contribution in [0.4, 0.5) is 11.4 Å². The molecule has 2 rings (SSSR count). The van der Waals surface area contributed by atoms with Crippen molar-refractivity contribution in [3.63, 3.8) is 0 Å². The molecule has 0 aliphatic rings. The summed E-state index contributed by atoms with van der Waals surface area (Å²) in [5, 5.41) is 10.7. The van der Waals surface area contributed by atoms with Crippen LogP contribution in [-0.4, -0.2) is 33.5 Å². The molecule has 7 nitrogen and oxygen atoms in total. The Morgan fingerprint density at radius 2 is 1.83 bits per heavy atom. The Kier molecular flexibility index (Phi) is 5.88. The van der Waals surface area contributed by atoms with Crippen LogP contribution in [0.3, 0.4) is 0 Å². The molecule has 8 heteroatoms. The van der Waals surface area contributed by atoms with Crippen molar-refractivity contribution in [2.45, 2.75) is 11.3 Å². The zero-order valence-electron chi connectivity index (χ0n) is 13.3. The van der Waals surface area contributed by atoms with Crippen molar-refractivity contribution >= 4 is 21.4 Å². The molecule has 0 saturated carbocycles. The highest BCUT2D eigenvalue weighted by molar-refractivity contribution is 7.89. The summed E-state index contributed by atoms with van der Waals surface area (Å²) in [6.45, 7) is 0.934. The van der Waals surface area contributed by atoms with E-state index < -0.39 is 14.9 Å². The average molecular weight is 349 g/mol. The molecule has 0 bridgehead atoms. The molecule has 1 N–H and O–H groups in total. The van der Waals surface area contributed by atoms with Crippen molar-refractivity contribution < 1.29 is 13.3 Å². The minimum absolute atomic E-state index is 0.104. The first-order chi connectivity index (χ1) is 11.4. The van der Waals surface area contributed by atoms with E-state index in [2.05, 4.69) is 4.72 Å². The van der Waals surface area contributed by atoms with Gasteiger partial charge in [0.15, 0.2) is 0 Å². The van der Waals surface area contributed by atoms with Gasteiger partial charge in [0.2, 0.25) is 10.0 Å². The Morgan fingerprint density at radius 1 is 1.12 bits per heavy atom. The van der Waals surface area contributed by atoms with E-state index in [1.807, 2.05) is 42.3 Å². The molecular weight excluding hydrogens is 330 g/mol. The number of nitro groups is 1. The number of hydrogen-bond acceptors (Lipinski definition) is 5. The lowest BCUT2D eigenvalue weighted by Gasteiger charge is -2.19. The highest BCUT2D eigenvalue weighted by atomic mass is 32.2. The van der Waals surface area contributed by atoms with Crippen molar-refractivity contribution in [3.05, 3.63) is 64.7 Å². The molecule has 0 saturated heterocycles. The summed E-state index contributed by atoms with van der Waals surface area (Å²) in [7, 11) is -1.82. The van der Waals surface area contributed by atoms with Crippen molar-refractivity contribution in [3.8, 4) is 0 Å². The Balaban J connectivity index is 1.89. The van der Waals surface area contributed by atoms with Gasteiger partial charge in [-0.2, -0.15) is 0 Å². The number of nitrogens with one attached hydrogen (secondary N) is 1. The van der Waals surface area contributed by atoms with Crippen molar-refractivity contribution in [1.82, 2.24) is 4.72 Å². The molecule has 0 fully saturated rings. The van der Waals surface area contributed by atoms with Gasteiger partial charge in [-0.15, -0.1) is 0 Å². The Bertz CT molecular complexity index is 794. The van der Waals surface area contributed by atoms with Gasteiger partial charge in [-0.05, 0) is 24.6 Å². The lowest BCUT2D eigenvalue weighted by molar-refractivity contribution is -0.385. The number of para-hydroxylation sites is 1. The predicted octanol–water partition coefficient (Wildman–Crippen LogP) is 2.40. The number of hydrogen-bond donors (Lipinski definition) is 1. The van der Waals surface area contributed by atoms with E-state index in [0.29, 0.717) is 13.0 Å². The van der Waals surface area contributed by atoms with Gasteiger partial charge in [0, 0.05) is 38.0 Å². The topological polar surface area (TPSA) is 92.6 Å². The number of non-ortho nitro benzene ring substituents is 1. The van der Waals surface area contributed by atoms with E-state index in [0.717, 1.165) is 11.8 Å². The van der Waals surface area contributed by atoms with Gasteiger partial charge in [-0.3, -0.25) is 10.1 Å². The molecule has 0 aromatic heterocycles. The van der Waals surface area contributed by atoms with Crippen LogP contribution in [-0.2, 0) is 10.0 Å². The summed E-state index contributed by atoms with van der Waals surface area (Å²) in [5.74, 6) is 0. The first-order valence-corrected chi connectivity index (χ1v) is 8.89. The van der Waals surface area contributed by atoms with Crippen LogP contribution in [0.15, 0.2) is 59.5 Å². The summed E-state index contributed by atoms with van der Waals surface area (Å²) in [6, 6.07) is 14.8. The molecular formula is C16H19N3O4S. The molecule has 0 unspecified atom stereocenters. The minimum atomic E-state index is -3.75. The van der Waals surface area contributed by atoms with Gasteiger partial charge >= 0.3 is 0 Å².